The van der Waals surface area contributed by atoms with Crippen LogP contribution in [0.2, 0.25) is 0 Å². The normalized spacial score (nSPS) is 10.8. The van der Waals surface area contributed by atoms with E-state index in [1.807, 2.05) is 25.1 Å². The highest BCUT2D eigenvalue weighted by Crippen LogP contribution is 2.28. The van der Waals surface area contributed by atoms with Gasteiger partial charge in [-0.3, -0.25) is 0 Å². The third kappa shape index (κ3) is 1.39. The summed E-state index contributed by atoms with van der Waals surface area (Å²) in [6.07, 6.45) is 1.77. The molecule has 0 N–H and O–H groups in total. The largest absolute Gasteiger partial charge is 0.441 e. The maximum absolute atomic E-state index is 5.57. The number of oxazole rings is 1. The van der Waals surface area contributed by atoms with Crippen molar-refractivity contribution in [1.29, 1.82) is 0 Å². The molecule has 0 aliphatic carbocycles. The van der Waals surface area contributed by atoms with Crippen LogP contribution in [-0.4, -0.2) is 4.98 Å². The smallest absolute Gasteiger partial charge is 0.191 e. The van der Waals surface area contributed by atoms with E-state index in [1.165, 1.54) is 10.8 Å². The van der Waals surface area contributed by atoms with E-state index in [0.717, 1.165) is 11.3 Å². The molecule has 0 saturated heterocycles. The van der Waals surface area contributed by atoms with Crippen LogP contribution in [-0.2, 0) is 0 Å². The molecule has 0 aliphatic rings. The molecule has 16 heavy (non-hydrogen) atoms. The van der Waals surface area contributed by atoms with Gasteiger partial charge >= 0.3 is 0 Å². The molecule has 0 fully saturated rings. The highest BCUT2D eigenvalue weighted by atomic mass is 16.4. The van der Waals surface area contributed by atoms with Crippen molar-refractivity contribution in [3.05, 3.63) is 54.6 Å². The summed E-state index contributed by atoms with van der Waals surface area (Å²) in [5.74, 6) is 1.53. The number of fused-ring (bicyclic) bond motifs is 1. The minimum Gasteiger partial charge on any atom is -0.441 e. The molecule has 78 valence electrons. The van der Waals surface area contributed by atoms with E-state index in [1.54, 1.807) is 6.20 Å². The Labute approximate surface area is 93.5 Å². The fraction of sp³-hybridized carbons (Fsp3) is 0.0714. The van der Waals surface area contributed by atoms with Gasteiger partial charge in [0.15, 0.2) is 11.7 Å². The molecule has 3 rings (SSSR count). The van der Waals surface area contributed by atoms with Crippen LogP contribution in [0.3, 0.4) is 0 Å². The van der Waals surface area contributed by atoms with E-state index in [2.05, 4.69) is 29.2 Å². The first-order chi connectivity index (χ1) is 7.84. The predicted octanol–water partition coefficient (Wildman–Crippen LogP) is 3.80. The molecule has 3 aromatic rings. The average molecular weight is 209 g/mol. The Balaban J connectivity index is 2.31. The quantitative estimate of drug-likeness (QED) is 0.609. The van der Waals surface area contributed by atoms with E-state index in [4.69, 9.17) is 4.42 Å². The second-order valence-electron chi connectivity index (χ2n) is 3.77. The van der Waals surface area contributed by atoms with Gasteiger partial charge in [-0.1, -0.05) is 42.5 Å². The van der Waals surface area contributed by atoms with Gasteiger partial charge in [0.25, 0.3) is 0 Å². The van der Waals surface area contributed by atoms with E-state index in [-0.39, 0.29) is 0 Å². The van der Waals surface area contributed by atoms with Crippen LogP contribution in [0.25, 0.3) is 22.1 Å². The van der Waals surface area contributed by atoms with E-state index >= 15 is 0 Å². The van der Waals surface area contributed by atoms with Crippen molar-refractivity contribution in [3.63, 3.8) is 0 Å². The molecule has 2 nitrogen and oxygen atoms in total. The summed E-state index contributed by atoms with van der Waals surface area (Å²) in [6, 6.07) is 14.5. The van der Waals surface area contributed by atoms with Gasteiger partial charge in [-0.05, 0) is 10.8 Å². The van der Waals surface area contributed by atoms with Crippen LogP contribution in [0.5, 0.6) is 0 Å². The summed E-state index contributed by atoms with van der Waals surface area (Å²) in [5, 5.41) is 2.41. The lowest BCUT2D eigenvalue weighted by Gasteiger charge is -2.02. The SMILES string of the molecule is Cc1ncc(-c2cccc3ccccc23)o1. The average Bonchev–Trinajstić information content (AvgIpc) is 2.75. The molecule has 0 amide bonds. The molecule has 0 radical (unpaired) electrons. The van der Waals surface area contributed by atoms with Crippen LogP contribution in [0, 0.1) is 6.92 Å². The van der Waals surface area contributed by atoms with Crippen molar-refractivity contribution in [2.45, 2.75) is 6.92 Å². The number of hydrogen-bond donors (Lipinski definition) is 0. The summed E-state index contributed by atoms with van der Waals surface area (Å²) >= 11 is 0. The van der Waals surface area contributed by atoms with Crippen LogP contribution in [0.4, 0.5) is 0 Å². The van der Waals surface area contributed by atoms with Gasteiger partial charge in [0.1, 0.15) is 0 Å². The van der Waals surface area contributed by atoms with Crippen molar-refractivity contribution >= 4 is 10.8 Å². The van der Waals surface area contributed by atoms with Gasteiger partial charge in [0.05, 0.1) is 6.20 Å². The minimum atomic E-state index is 0.697. The lowest BCUT2D eigenvalue weighted by atomic mass is 10.0. The fourth-order valence-electron chi connectivity index (χ4n) is 1.93. The topological polar surface area (TPSA) is 26.0 Å². The number of hydrogen-bond acceptors (Lipinski definition) is 2. The Bertz CT molecular complexity index is 635. The Morgan fingerprint density at radius 3 is 2.62 bits per heavy atom. The highest BCUT2D eigenvalue weighted by Gasteiger charge is 2.06. The second-order valence-corrected chi connectivity index (χ2v) is 3.77. The first-order valence-electron chi connectivity index (χ1n) is 5.25. The number of benzene rings is 2. The summed E-state index contributed by atoms with van der Waals surface area (Å²) < 4.78 is 5.57. The summed E-state index contributed by atoms with van der Waals surface area (Å²) in [6.45, 7) is 1.86. The zero-order chi connectivity index (χ0) is 11.0. The van der Waals surface area contributed by atoms with Gasteiger partial charge < -0.3 is 4.42 Å². The van der Waals surface area contributed by atoms with Gasteiger partial charge in [-0.15, -0.1) is 0 Å². The third-order valence-corrected chi connectivity index (χ3v) is 2.68. The Morgan fingerprint density at radius 1 is 1.00 bits per heavy atom. The van der Waals surface area contributed by atoms with Gasteiger partial charge in [-0.2, -0.15) is 0 Å². The zero-order valence-corrected chi connectivity index (χ0v) is 8.97. The van der Waals surface area contributed by atoms with E-state index < -0.39 is 0 Å². The molecule has 2 aromatic carbocycles. The van der Waals surface area contributed by atoms with Crippen molar-refractivity contribution in [3.8, 4) is 11.3 Å². The molecule has 1 heterocycles. The summed E-state index contributed by atoms with van der Waals surface area (Å²) in [5.41, 5.74) is 1.10. The molecule has 0 bridgehead atoms. The number of aryl methyl sites for hydroxylation is 1. The lowest BCUT2D eigenvalue weighted by molar-refractivity contribution is 0.535. The first-order valence-corrected chi connectivity index (χ1v) is 5.25. The molecular formula is C14H11NO. The van der Waals surface area contributed by atoms with Crippen LogP contribution < -0.4 is 0 Å². The monoisotopic (exact) mass is 209 g/mol. The van der Waals surface area contributed by atoms with Crippen LogP contribution >= 0.6 is 0 Å². The fourth-order valence-corrected chi connectivity index (χ4v) is 1.93. The molecular weight excluding hydrogens is 198 g/mol. The molecule has 0 spiro atoms. The number of rotatable bonds is 1. The van der Waals surface area contributed by atoms with Gasteiger partial charge in [0.2, 0.25) is 0 Å². The van der Waals surface area contributed by atoms with Crippen molar-refractivity contribution in [2.75, 3.05) is 0 Å². The third-order valence-electron chi connectivity index (χ3n) is 2.68. The number of nitrogens with zero attached hydrogens (tertiary/aromatic N) is 1. The molecule has 1 aromatic heterocycles. The Hall–Kier alpha value is -2.09. The molecule has 0 saturated carbocycles. The zero-order valence-electron chi connectivity index (χ0n) is 8.97. The van der Waals surface area contributed by atoms with Gasteiger partial charge in [-0.25, -0.2) is 4.98 Å². The highest BCUT2D eigenvalue weighted by molar-refractivity contribution is 5.95. The summed E-state index contributed by atoms with van der Waals surface area (Å²) in [7, 11) is 0. The maximum Gasteiger partial charge on any atom is 0.191 e. The van der Waals surface area contributed by atoms with E-state index in [0.29, 0.717) is 5.89 Å². The predicted molar refractivity (Wildman–Crippen MR) is 64.2 cm³/mol. The lowest BCUT2D eigenvalue weighted by Crippen LogP contribution is -1.78. The van der Waals surface area contributed by atoms with Crippen molar-refractivity contribution in [2.24, 2.45) is 0 Å². The van der Waals surface area contributed by atoms with Crippen LogP contribution in [0.1, 0.15) is 5.89 Å². The molecule has 0 aliphatic heterocycles. The Morgan fingerprint density at radius 2 is 1.81 bits per heavy atom. The van der Waals surface area contributed by atoms with E-state index in [9.17, 15) is 0 Å². The maximum atomic E-state index is 5.57. The molecule has 0 atom stereocenters. The molecule has 0 unspecified atom stereocenters. The van der Waals surface area contributed by atoms with Crippen LogP contribution in [0.15, 0.2) is 53.1 Å². The van der Waals surface area contributed by atoms with Crippen molar-refractivity contribution in [1.82, 2.24) is 4.98 Å². The standard InChI is InChI=1S/C14H11NO/c1-10-15-9-14(16-10)13-8-4-6-11-5-2-3-7-12(11)13/h2-9H,1H3. The summed E-state index contributed by atoms with van der Waals surface area (Å²) in [4.78, 5) is 4.13. The van der Waals surface area contributed by atoms with Crippen molar-refractivity contribution < 1.29 is 4.42 Å². The molecule has 2 heteroatoms. The number of aromatic nitrogens is 1. The van der Waals surface area contributed by atoms with Gasteiger partial charge in [0, 0.05) is 12.5 Å². The minimum absolute atomic E-state index is 0.697. The first kappa shape index (κ1) is 9.16. The Kier molecular flexibility index (Phi) is 2.00. The second kappa shape index (κ2) is 3.49.